The largest absolute Gasteiger partial charge is 0.375 e. The van der Waals surface area contributed by atoms with Gasteiger partial charge in [0.1, 0.15) is 5.54 Å². The summed E-state index contributed by atoms with van der Waals surface area (Å²) in [6.07, 6.45) is 5.39. The van der Waals surface area contributed by atoms with Gasteiger partial charge in [0.15, 0.2) is 0 Å². The topological polar surface area (TPSA) is 79.2 Å². The molecule has 5 N–H and O–H groups in total. The van der Waals surface area contributed by atoms with Crippen LogP contribution in [0.5, 0.6) is 0 Å². The second-order valence-corrected chi connectivity index (χ2v) is 2.99. The van der Waals surface area contributed by atoms with Crippen molar-refractivity contribution in [1.82, 2.24) is 16.1 Å². The first-order valence-electron chi connectivity index (χ1n) is 3.99. The zero-order valence-electron chi connectivity index (χ0n) is 7.72. The highest BCUT2D eigenvalue weighted by atomic mass is 16.2. The number of carbonyl (C=O) groups is 1. The van der Waals surface area contributed by atoms with E-state index in [1.165, 1.54) is 0 Å². The molecule has 1 amide bonds. The minimum atomic E-state index is -0.776. The Balaban J connectivity index is 2.80. The third-order valence-corrected chi connectivity index (χ3v) is 1.96. The summed E-state index contributed by atoms with van der Waals surface area (Å²) < 4.78 is 0. The van der Waals surface area contributed by atoms with Crippen LogP contribution in [0.2, 0.25) is 0 Å². The molecule has 5 nitrogen and oxygen atoms in total. The molecule has 1 aliphatic rings. The second-order valence-electron chi connectivity index (χ2n) is 2.99. The zero-order valence-corrected chi connectivity index (χ0v) is 7.72. The van der Waals surface area contributed by atoms with Gasteiger partial charge in [-0.05, 0) is 19.1 Å². The van der Waals surface area contributed by atoms with Crippen molar-refractivity contribution < 1.29 is 4.79 Å². The zero-order chi connectivity index (χ0) is 9.90. The number of hydrogen-bond donors (Lipinski definition) is 4. The van der Waals surface area contributed by atoms with Crippen molar-refractivity contribution in [2.45, 2.75) is 12.5 Å². The highest BCUT2D eigenvalue weighted by molar-refractivity contribution is 5.88. The van der Waals surface area contributed by atoms with Crippen molar-refractivity contribution in [3.05, 3.63) is 24.0 Å². The number of hydrazine groups is 1. The van der Waals surface area contributed by atoms with Gasteiger partial charge >= 0.3 is 0 Å². The third kappa shape index (κ3) is 1.81. The number of amides is 1. The summed E-state index contributed by atoms with van der Waals surface area (Å²) in [4.78, 5) is 11.3. The smallest absolute Gasteiger partial charge is 0.263 e. The van der Waals surface area contributed by atoms with E-state index >= 15 is 0 Å². The van der Waals surface area contributed by atoms with Crippen LogP contribution in [-0.4, -0.2) is 18.5 Å². The van der Waals surface area contributed by atoms with Gasteiger partial charge in [0.25, 0.3) is 5.91 Å². The molecular weight excluding hydrogens is 168 g/mol. The van der Waals surface area contributed by atoms with Gasteiger partial charge in [-0.1, -0.05) is 6.08 Å². The van der Waals surface area contributed by atoms with E-state index in [2.05, 4.69) is 16.1 Å². The molecule has 1 atom stereocenters. The normalized spacial score (nSPS) is 25.9. The second kappa shape index (κ2) is 3.49. The van der Waals surface area contributed by atoms with Crippen LogP contribution in [0.1, 0.15) is 6.92 Å². The minimum Gasteiger partial charge on any atom is -0.375 e. The Morgan fingerprint density at radius 1 is 1.69 bits per heavy atom. The maximum Gasteiger partial charge on any atom is 0.263 e. The van der Waals surface area contributed by atoms with Gasteiger partial charge < -0.3 is 10.6 Å². The molecule has 0 aromatic carbocycles. The van der Waals surface area contributed by atoms with Crippen molar-refractivity contribution in [2.24, 2.45) is 5.84 Å². The number of dihydropyridines is 1. The van der Waals surface area contributed by atoms with E-state index in [0.29, 0.717) is 0 Å². The summed E-state index contributed by atoms with van der Waals surface area (Å²) in [5, 5.41) is 5.92. The molecule has 1 rings (SSSR count). The van der Waals surface area contributed by atoms with Crippen molar-refractivity contribution in [3.63, 3.8) is 0 Å². The fourth-order valence-electron chi connectivity index (χ4n) is 1.13. The third-order valence-electron chi connectivity index (χ3n) is 1.96. The fraction of sp³-hybridized carbons (Fsp3) is 0.375. The average Bonchev–Trinajstić information content (AvgIpc) is 2.16. The summed E-state index contributed by atoms with van der Waals surface area (Å²) in [7, 11) is 1.78. The lowest BCUT2D eigenvalue weighted by Crippen LogP contribution is -2.56. The number of allylic oxidation sites excluding steroid dienone is 2. The van der Waals surface area contributed by atoms with E-state index in [1.54, 1.807) is 26.1 Å². The molecule has 5 heteroatoms. The molecule has 1 aliphatic heterocycles. The first-order valence-corrected chi connectivity index (χ1v) is 3.99. The monoisotopic (exact) mass is 182 g/mol. The maximum absolute atomic E-state index is 11.3. The van der Waals surface area contributed by atoms with Crippen LogP contribution in [0.25, 0.3) is 0 Å². The standard InChI is InChI=1S/C8H14N4O/c1-8(7(13)12-9)5-3-4-6(10-2)11-8/h3-5,10-11H,9H2,1-2H3,(H,12,13). The molecule has 1 unspecified atom stereocenters. The summed E-state index contributed by atoms with van der Waals surface area (Å²) in [6.45, 7) is 1.75. The molecule has 13 heavy (non-hydrogen) atoms. The molecule has 72 valence electrons. The van der Waals surface area contributed by atoms with Crippen LogP contribution in [0.15, 0.2) is 24.0 Å². The van der Waals surface area contributed by atoms with Crippen LogP contribution in [0.3, 0.4) is 0 Å². The molecule has 0 saturated carbocycles. The average molecular weight is 182 g/mol. The Hall–Kier alpha value is -1.49. The molecule has 0 saturated heterocycles. The van der Waals surface area contributed by atoms with E-state index in [1.807, 2.05) is 6.08 Å². The van der Waals surface area contributed by atoms with Crippen molar-refractivity contribution in [2.75, 3.05) is 7.05 Å². The molecular formula is C8H14N4O. The highest BCUT2D eigenvalue weighted by Crippen LogP contribution is 2.12. The Bertz CT molecular complexity index is 271. The van der Waals surface area contributed by atoms with Crippen molar-refractivity contribution >= 4 is 5.91 Å². The Labute approximate surface area is 77.0 Å². The van der Waals surface area contributed by atoms with Gasteiger partial charge in [0.05, 0.1) is 5.82 Å². The Morgan fingerprint density at radius 3 is 2.92 bits per heavy atom. The van der Waals surface area contributed by atoms with E-state index in [-0.39, 0.29) is 5.91 Å². The predicted molar refractivity (Wildman–Crippen MR) is 50.2 cm³/mol. The predicted octanol–water partition coefficient (Wildman–Crippen LogP) is -1.04. The van der Waals surface area contributed by atoms with Crippen LogP contribution < -0.4 is 21.9 Å². The summed E-state index contributed by atoms with van der Waals surface area (Å²) in [6, 6.07) is 0. The lowest BCUT2D eigenvalue weighted by Gasteiger charge is -2.29. The summed E-state index contributed by atoms with van der Waals surface area (Å²) in [5.41, 5.74) is 1.34. The first-order chi connectivity index (χ1) is 6.12. The van der Waals surface area contributed by atoms with Crippen LogP contribution in [0.4, 0.5) is 0 Å². The van der Waals surface area contributed by atoms with Gasteiger partial charge in [-0.25, -0.2) is 5.84 Å². The number of nitrogens with one attached hydrogen (secondary N) is 3. The van der Waals surface area contributed by atoms with Crippen molar-refractivity contribution in [3.8, 4) is 0 Å². The van der Waals surface area contributed by atoms with Gasteiger partial charge in [-0.15, -0.1) is 0 Å². The molecule has 0 fully saturated rings. The van der Waals surface area contributed by atoms with Gasteiger partial charge in [-0.2, -0.15) is 0 Å². The summed E-state index contributed by atoms with van der Waals surface area (Å²) >= 11 is 0. The van der Waals surface area contributed by atoms with Gasteiger partial charge in [0, 0.05) is 7.05 Å². The van der Waals surface area contributed by atoms with Gasteiger partial charge in [-0.3, -0.25) is 10.2 Å². The van der Waals surface area contributed by atoms with E-state index < -0.39 is 5.54 Å². The molecule has 0 aromatic heterocycles. The molecule has 1 heterocycles. The Kier molecular flexibility index (Phi) is 2.57. The molecule has 0 aromatic rings. The lowest BCUT2D eigenvalue weighted by atomic mass is 9.99. The molecule has 0 bridgehead atoms. The quantitative estimate of drug-likeness (QED) is 0.250. The number of hydrogen-bond acceptors (Lipinski definition) is 4. The van der Waals surface area contributed by atoms with E-state index in [4.69, 9.17) is 5.84 Å². The van der Waals surface area contributed by atoms with Crippen molar-refractivity contribution in [1.29, 1.82) is 0 Å². The lowest BCUT2D eigenvalue weighted by molar-refractivity contribution is -0.125. The molecule has 0 radical (unpaired) electrons. The highest BCUT2D eigenvalue weighted by Gasteiger charge is 2.31. The van der Waals surface area contributed by atoms with Crippen LogP contribution in [-0.2, 0) is 4.79 Å². The molecule has 0 aliphatic carbocycles. The number of rotatable bonds is 2. The first kappa shape index (κ1) is 9.60. The molecule has 0 spiro atoms. The fourth-order valence-corrected chi connectivity index (χ4v) is 1.13. The minimum absolute atomic E-state index is 0.274. The number of carbonyl (C=O) groups excluding carboxylic acids is 1. The van der Waals surface area contributed by atoms with Crippen LogP contribution in [0, 0.1) is 0 Å². The van der Waals surface area contributed by atoms with E-state index in [9.17, 15) is 4.79 Å². The Morgan fingerprint density at radius 2 is 2.38 bits per heavy atom. The van der Waals surface area contributed by atoms with Gasteiger partial charge in [0.2, 0.25) is 0 Å². The maximum atomic E-state index is 11.3. The summed E-state index contributed by atoms with van der Waals surface area (Å²) in [5.74, 6) is 5.57. The number of nitrogens with two attached hydrogens (primary N) is 1. The SMILES string of the molecule is CNC1=CC=CC(C)(C(=O)NN)N1. The van der Waals surface area contributed by atoms with Crippen LogP contribution >= 0.6 is 0 Å². The van der Waals surface area contributed by atoms with E-state index in [0.717, 1.165) is 5.82 Å².